The molecule has 0 heterocycles. The van der Waals surface area contributed by atoms with E-state index in [0.29, 0.717) is 12.2 Å². The summed E-state index contributed by atoms with van der Waals surface area (Å²) >= 11 is 0. The highest BCUT2D eigenvalue weighted by atomic mass is 16.5. The van der Waals surface area contributed by atoms with Crippen molar-refractivity contribution in [2.75, 3.05) is 0 Å². The first-order chi connectivity index (χ1) is 6.50. The van der Waals surface area contributed by atoms with Crippen LogP contribution >= 0.6 is 0 Å². The van der Waals surface area contributed by atoms with Gasteiger partial charge >= 0.3 is 0 Å². The monoisotopic (exact) mass is 194 g/mol. The topological polar surface area (TPSA) is 43.4 Å². The Labute approximate surface area is 83.4 Å². The van der Waals surface area contributed by atoms with Crippen molar-refractivity contribution < 1.29 is 14.3 Å². The first-order valence-corrected chi connectivity index (χ1v) is 4.46. The average Bonchev–Trinajstić information content (AvgIpc) is 2.02. The van der Waals surface area contributed by atoms with Gasteiger partial charge in [0.25, 0.3) is 6.47 Å². The Morgan fingerprint density at radius 3 is 2.71 bits per heavy atom. The van der Waals surface area contributed by atoms with Crippen LogP contribution in [0.25, 0.3) is 0 Å². The van der Waals surface area contributed by atoms with Crippen LogP contribution in [0.4, 0.5) is 0 Å². The molecule has 0 amide bonds. The summed E-state index contributed by atoms with van der Waals surface area (Å²) in [5, 5.41) is 0. The van der Waals surface area contributed by atoms with Crippen LogP contribution in [0.15, 0.2) is 24.0 Å². The van der Waals surface area contributed by atoms with Gasteiger partial charge in [0.05, 0.1) is 5.92 Å². The standard InChI is InChI=1S/C11H14O3/c1-8-4-11(2,3)5-10(14-7-13)9(8)6-12/h5-7,9H,1,4H2,2-3H3. The molecule has 0 saturated heterocycles. The Hall–Kier alpha value is -1.38. The largest absolute Gasteiger partial charge is 0.432 e. The van der Waals surface area contributed by atoms with E-state index in [-0.39, 0.29) is 5.41 Å². The molecule has 3 nitrogen and oxygen atoms in total. The lowest BCUT2D eigenvalue weighted by Crippen LogP contribution is -2.24. The molecule has 1 rings (SSSR count). The zero-order valence-electron chi connectivity index (χ0n) is 8.45. The van der Waals surface area contributed by atoms with Gasteiger partial charge in [-0.25, -0.2) is 0 Å². The summed E-state index contributed by atoms with van der Waals surface area (Å²) in [7, 11) is 0. The van der Waals surface area contributed by atoms with Crippen molar-refractivity contribution in [2.45, 2.75) is 20.3 Å². The molecule has 0 bridgehead atoms. The van der Waals surface area contributed by atoms with Crippen LogP contribution in [0.5, 0.6) is 0 Å². The maximum atomic E-state index is 10.8. The van der Waals surface area contributed by atoms with Gasteiger partial charge in [-0.05, 0) is 17.9 Å². The zero-order valence-corrected chi connectivity index (χ0v) is 8.45. The van der Waals surface area contributed by atoms with Crippen molar-refractivity contribution >= 4 is 12.8 Å². The van der Waals surface area contributed by atoms with Crippen LogP contribution in [-0.2, 0) is 14.3 Å². The summed E-state index contributed by atoms with van der Waals surface area (Å²) in [5.74, 6) is -0.0653. The molecule has 3 heteroatoms. The lowest BCUT2D eigenvalue weighted by atomic mass is 9.75. The molecule has 76 valence electrons. The van der Waals surface area contributed by atoms with E-state index < -0.39 is 5.92 Å². The summed E-state index contributed by atoms with van der Waals surface area (Å²) in [4.78, 5) is 21.0. The summed E-state index contributed by atoms with van der Waals surface area (Å²) < 4.78 is 4.78. The fourth-order valence-corrected chi connectivity index (χ4v) is 1.75. The second-order valence-electron chi connectivity index (χ2n) is 4.20. The zero-order chi connectivity index (χ0) is 10.8. The fraction of sp³-hybridized carbons (Fsp3) is 0.455. The number of ether oxygens (including phenoxy) is 1. The lowest BCUT2D eigenvalue weighted by molar-refractivity contribution is -0.126. The molecule has 0 spiro atoms. The van der Waals surface area contributed by atoms with Crippen LogP contribution in [0, 0.1) is 11.3 Å². The quantitative estimate of drug-likeness (QED) is 0.508. The second kappa shape index (κ2) is 3.78. The van der Waals surface area contributed by atoms with Crippen molar-refractivity contribution in [3.63, 3.8) is 0 Å². The maximum Gasteiger partial charge on any atom is 0.298 e. The van der Waals surface area contributed by atoms with Gasteiger partial charge in [0.1, 0.15) is 12.0 Å². The van der Waals surface area contributed by atoms with Gasteiger partial charge in [0, 0.05) is 0 Å². The Morgan fingerprint density at radius 1 is 1.57 bits per heavy atom. The smallest absolute Gasteiger partial charge is 0.298 e. The van der Waals surface area contributed by atoms with Crippen molar-refractivity contribution in [2.24, 2.45) is 11.3 Å². The molecule has 0 aromatic carbocycles. The van der Waals surface area contributed by atoms with Gasteiger partial charge in [0.2, 0.25) is 0 Å². The van der Waals surface area contributed by atoms with Crippen LogP contribution in [-0.4, -0.2) is 12.8 Å². The average molecular weight is 194 g/mol. The first kappa shape index (κ1) is 10.7. The van der Waals surface area contributed by atoms with Crippen LogP contribution in [0.2, 0.25) is 0 Å². The van der Waals surface area contributed by atoms with Gasteiger partial charge < -0.3 is 9.53 Å². The molecule has 1 aliphatic rings. The van der Waals surface area contributed by atoms with E-state index in [1.807, 2.05) is 19.9 Å². The molecule has 0 radical (unpaired) electrons. The molecule has 1 atom stereocenters. The SMILES string of the molecule is C=C1CC(C)(C)C=C(OC=O)C1C=O. The third kappa shape index (κ3) is 2.10. The van der Waals surface area contributed by atoms with Crippen molar-refractivity contribution in [3.8, 4) is 0 Å². The summed E-state index contributed by atoms with van der Waals surface area (Å²) in [6, 6.07) is 0. The normalized spacial score (nSPS) is 25.1. The highest BCUT2D eigenvalue weighted by Gasteiger charge is 2.31. The van der Waals surface area contributed by atoms with E-state index in [9.17, 15) is 9.59 Å². The molecule has 1 unspecified atom stereocenters. The molecule has 0 aromatic rings. The van der Waals surface area contributed by atoms with E-state index in [0.717, 1.165) is 18.3 Å². The third-order valence-electron chi connectivity index (χ3n) is 2.28. The maximum absolute atomic E-state index is 10.8. The lowest BCUT2D eigenvalue weighted by Gasteiger charge is -2.31. The minimum atomic E-state index is -0.465. The minimum Gasteiger partial charge on any atom is -0.432 e. The van der Waals surface area contributed by atoms with Gasteiger partial charge in [-0.15, -0.1) is 0 Å². The first-order valence-electron chi connectivity index (χ1n) is 4.46. The highest BCUT2D eigenvalue weighted by molar-refractivity contribution is 5.65. The van der Waals surface area contributed by atoms with E-state index in [1.165, 1.54) is 0 Å². The van der Waals surface area contributed by atoms with Crippen molar-refractivity contribution in [1.29, 1.82) is 0 Å². The predicted octanol–water partition coefficient (Wildman–Crippen LogP) is 1.84. The number of carbonyl (C=O) groups excluding carboxylic acids is 2. The molecule has 1 aliphatic carbocycles. The van der Waals surface area contributed by atoms with Crippen LogP contribution in [0.1, 0.15) is 20.3 Å². The predicted molar refractivity (Wildman–Crippen MR) is 52.3 cm³/mol. The number of rotatable bonds is 3. The van der Waals surface area contributed by atoms with Gasteiger partial charge in [0.15, 0.2) is 0 Å². The molecule has 14 heavy (non-hydrogen) atoms. The molecular weight excluding hydrogens is 180 g/mol. The summed E-state index contributed by atoms with van der Waals surface area (Å²) in [5.41, 5.74) is 0.693. The number of allylic oxidation sites excluding steroid dienone is 2. The van der Waals surface area contributed by atoms with E-state index in [2.05, 4.69) is 6.58 Å². The molecule has 0 aliphatic heterocycles. The summed E-state index contributed by atoms with van der Waals surface area (Å²) in [6.45, 7) is 8.19. The molecule has 0 saturated carbocycles. The highest BCUT2D eigenvalue weighted by Crippen LogP contribution is 2.38. The fourth-order valence-electron chi connectivity index (χ4n) is 1.75. The number of hydrogen-bond acceptors (Lipinski definition) is 3. The van der Waals surface area contributed by atoms with Gasteiger partial charge in [-0.2, -0.15) is 0 Å². The Balaban J connectivity index is 3.03. The van der Waals surface area contributed by atoms with Crippen LogP contribution in [0.3, 0.4) is 0 Å². The van der Waals surface area contributed by atoms with E-state index >= 15 is 0 Å². The van der Waals surface area contributed by atoms with Gasteiger partial charge in [-0.1, -0.05) is 26.0 Å². The van der Waals surface area contributed by atoms with E-state index in [4.69, 9.17) is 4.74 Å². The summed E-state index contributed by atoms with van der Waals surface area (Å²) in [6.07, 6.45) is 3.31. The number of carbonyl (C=O) groups is 2. The Kier molecular flexibility index (Phi) is 2.89. The molecular formula is C11H14O3. The Bertz CT molecular complexity index is 300. The van der Waals surface area contributed by atoms with Gasteiger partial charge in [-0.3, -0.25) is 4.79 Å². The van der Waals surface area contributed by atoms with E-state index in [1.54, 1.807) is 0 Å². The van der Waals surface area contributed by atoms with Crippen LogP contribution < -0.4 is 0 Å². The second-order valence-corrected chi connectivity index (χ2v) is 4.20. The Morgan fingerprint density at radius 2 is 2.21 bits per heavy atom. The molecule has 0 aromatic heterocycles. The number of aldehydes is 1. The third-order valence-corrected chi connectivity index (χ3v) is 2.28. The number of hydrogen-bond donors (Lipinski definition) is 0. The van der Waals surface area contributed by atoms with Crippen molar-refractivity contribution in [1.82, 2.24) is 0 Å². The van der Waals surface area contributed by atoms with Crippen molar-refractivity contribution in [3.05, 3.63) is 24.0 Å². The molecule has 0 N–H and O–H groups in total. The minimum absolute atomic E-state index is 0.102. The molecule has 0 fully saturated rings.